The molecule has 0 aromatic heterocycles. The zero-order valence-electron chi connectivity index (χ0n) is 16.6. The zero-order valence-corrected chi connectivity index (χ0v) is 16.6. The van der Waals surface area contributed by atoms with Gasteiger partial charge in [-0.25, -0.2) is 8.78 Å². The molecule has 0 spiro atoms. The number of nitrogens with one attached hydrogen (secondary N) is 4. The Morgan fingerprint density at radius 1 is 1.27 bits per heavy atom. The molecule has 30 heavy (non-hydrogen) atoms. The number of nitrogens with zero attached hydrogens (tertiary/aromatic N) is 1. The fourth-order valence-corrected chi connectivity index (χ4v) is 4.06. The number of amides is 1. The molecule has 8 heteroatoms. The van der Waals surface area contributed by atoms with Crippen molar-refractivity contribution in [2.75, 3.05) is 35.7 Å². The van der Waals surface area contributed by atoms with Crippen LogP contribution in [0.2, 0.25) is 0 Å². The van der Waals surface area contributed by atoms with Crippen molar-refractivity contribution in [3.05, 3.63) is 53.2 Å². The largest absolute Gasteiger partial charge is 0.393 e. The van der Waals surface area contributed by atoms with Crippen LogP contribution >= 0.6 is 0 Å². The maximum absolute atomic E-state index is 13.9. The third-order valence-electron chi connectivity index (χ3n) is 5.41. The van der Waals surface area contributed by atoms with E-state index in [4.69, 9.17) is 5.41 Å². The second kappa shape index (κ2) is 8.14. The lowest BCUT2D eigenvalue weighted by atomic mass is 9.96. The molecule has 0 bridgehead atoms. The van der Waals surface area contributed by atoms with Crippen LogP contribution in [0.4, 0.5) is 31.5 Å². The van der Waals surface area contributed by atoms with Gasteiger partial charge in [-0.3, -0.25) is 4.79 Å². The topological polar surface area (TPSA) is 80.2 Å². The Morgan fingerprint density at radius 2 is 2.10 bits per heavy atom. The van der Waals surface area contributed by atoms with E-state index in [-0.39, 0.29) is 11.5 Å². The van der Waals surface area contributed by atoms with Gasteiger partial charge in [-0.2, -0.15) is 0 Å². The molecule has 0 aliphatic carbocycles. The summed E-state index contributed by atoms with van der Waals surface area (Å²) in [5, 5.41) is 16.6. The second-order valence-electron chi connectivity index (χ2n) is 7.23. The molecule has 0 unspecified atom stereocenters. The third kappa shape index (κ3) is 3.49. The average molecular weight is 411 g/mol. The summed E-state index contributed by atoms with van der Waals surface area (Å²) < 4.78 is 27.9. The number of halogens is 2. The summed E-state index contributed by atoms with van der Waals surface area (Å²) in [6.45, 7) is 1.15. The number of alkyl halides is 2. The van der Waals surface area contributed by atoms with Crippen molar-refractivity contribution in [3.63, 3.8) is 0 Å². The minimum Gasteiger partial charge on any atom is -0.393 e. The van der Waals surface area contributed by atoms with Crippen LogP contribution in [0.25, 0.3) is 5.57 Å². The summed E-state index contributed by atoms with van der Waals surface area (Å²) in [6, 6.07) is 8.91. The van der Waals surface area contributed by atoms with Crippen LogP contribution in [0, 0.1) is 5.41 Å². The van der Waals surface area contributed by atoms with Crippen LogP contribution in [0.3, 0.4) is 0 Å². The van der Waals surface area contributed by atoms with Crippen molar-refractivity contribution < 1.29 is 13.6 Å². The van der Waals surface area contributed by atoms with E-state index >= 15 is 0 Å². The maximum atomic E-state index is 13.9. The van der Waals surface area contributed by atoms with Gasteiger partial charge in [-0.15, -0.1) is 0 Å². The highest BCUT2D eigenvalue weighted by Crippen LogP contribution is 2.44. The summed E-state index contributed by atoms with van der Waals surface area (Å²) in [6.07, 6.45) is 1.04. The number of rotatable bonds is 5. The molecule has 4 N–H and O–H groups in total. The third-order valence-corrected chi connectivity index (χ3v) is 5.41. The Morgan fingerprint density at radius 3 is 2.83 bits per heavy atom. The van der Waals surface area contributed by atoms with Crippen LogP contribution in [-0.4, -0.2) is 32.3 Å². The molecule has 0 saturated carbocycles. The molecule has 2 aliphatic heterocycles. The van der Waals surface area contributed by atoms with E-state index in [1.807, 2.05) is 23.1 Å². The summed E-state index contributed by atoms with van der Waals surface area (Å²) >= 11 is 0. The lowest BCUT2D eigenvalue weighted by molar-refractivity contribution is -0.115. The number of allylic oxidation sites excluding steroid dienone is 1. The van der Waals surface area contributed by atoms with E-state index in [9.17, 15) is 13.6 Å². The molecular weight excluding hydrogens is 388 g/mol. The summed E-state index contributed by atoms with van der Waals surface area (Å²) in [5.41, 5.74) is 4.70. The van der Waals surface area contributed by atoms with Crippen molar-refractivity contribution in [3.8, 4) is 0 Å². The van der Waals surface area contributed by atoms with E-state index in [0.717, 1.165) is 28.8 Å². The smallest absolute Gasteiger partial charge is 0.264 e. The van der Waals surface area contributed by atoms with Crippen molar-refractivity contribution in [1.29, 1.82) is 5.41 Å². The van der Waals surface area contributed by atoms with Crippen LogP contribution in [-0.2, 0) is 11.2 Å². The van der Waals surface area contributed by atoms with Gasteiger partial charge in [0.2, 0.25) is 5.91 Å². The zero-order chi connectivity index (χ0) is 21.3. The molecule has 2 heterocycles. The molecule has 1 amide bonds. The molecular formula is C22H23F2N5O. The molecule has 2 aliphatic rings. The molecule has 0 radical (unpaired) electrons. The molecule has 2 aromatic carbocycles. The molecule has 2 aromatic rings. The summed E-state index contributed by atoms with van der Waals surface area (Å²) in [5.74, 6) is -0.0552. The SMILES string of the molecule is CN/C=C(\C=N)c1cc2c(cc1C(F)F)N(c1cccc3c1NCCC(=O)N3)CC2. The van der Waals surface area contributed by atoms with Crippen molar-refractivity contribution in [2.45, 2.75) is 19.3 Å². The Balaban J connectivity index is 1.82. The van der Waals surface area contributed by atoms with E-state index in [2.05, 4.69) is 16.0 Å². The van der Waals surface area contributed by atoms with Crippen molar-refractivity contribution in [2.24, 2.45) is 0 Å². The van der Waals surface area contributed by atoms with E-state index in [1.165, 1.54) is 6.07 Å². The van der Waals surface area contributed by atoms with Gasteiger partial charge in [0.05, 0.1) is 17.1 Å². The van der Waals surface area contributed by atoms with Gasteiger partial charge < -0.3 is 26.3 Å². The highest BCUT2D eigenvalue weighted by Gasteiger charge is 2.28. The number of carbonyl (C=O) groups is 1. The van der Waals surface area contributed by atoms with Crippen LogP contribution in [0.15, 0.2) is 36.5 Å². The minimum absolute atomic E-state index is 0.0552. The predicted molar refractivity (Wildman–Crippen MR) is 116 cm³/mol. The number of para-hydroxylation sites is 1. The number of fused-ring (bicyclic) bond motifs is 2. The fraction of sp³-hybridized carbons (Fsp3) is 0.273. The quantitative estimate of drug-likeness (QED) is 0.554. The minimum atomic E-state index is -2.67. The summed E-state index contributed by atoms with van der Waals surface area (Å²) in [7, 11) is 1.67. The molecule has 4 rings (SSSR count). The average Bonchev–Trinajstić information content (AvgIpc) is 3.04. The lowest BCUT2D eigenvalue weighted by Crippen LogP contribution is -2.16. The number of carbonyl (C=O) groups excluding carboxylic acids is 1. The monoisotopic (exact) mass is 411 g/mol. The Bertz CT molecular complexity index is 1030. The first-order chi connectivity index (χ1) is 14.5. The van der Waals surface area contributed by atoms with Crippen LogP contribution in [0.1, 0.15) is 29.5 Å². The van der Waals surface area contributed by atoms with Gasteiger partial charge in [0.25, 0.3) is 6.43 Å². The molecule has 0 fully saturated rings. The first-order valence-corrected chi connectivity index (χ1v) is 9.81. The second-order valence-corrected chi connectivity index (χ2v) is 7.23. The number of hydrogen-bond acceptors (Lipinski definition) is 5. The molecule has 0 saturated heterocycles. The molecule has 6 nitrogen and oxygen atoms in total. The first-order valence-electron chi connectivity index (χ1n) is 9.81. The standard InChI is InChI=1S/C22H23F2N5O/c1-26-12-14(11-25)15-9-13-6-8-29(19(13)10-16(15)22(23)24)18-4-2-3-17-21(18)27-7-5-20(30)28-17/h2-4,9-12,22,25-27H,5-8H2,1H3,(H,28,30)/b14-12+,25-11?. The number of anilines is 4. The van der Waals surface area contributed by atoms with Crippen molar-refractivity contribution in [1.82, 2.24) is 5.32 Å². The van der Waals surface area contributed by atoms with E-state index in [1.54, 1.807) is 19.3 Å². The lowest BCUT2D eigenvalue weighted by Gasteiger charge is -2.25. The van der Waals surface area contributed by atoms with Gasteiger partial charge in [0.15, 0.2) is 0 Å². The molecule has 156 valence electrons. The predicted octanol–water partition coefficient (Wildman–Crippen LogP) is 4.28. The fourth-order valence-electron chi connectivity index (χ4n) is 4.06. The highest BCUT2D eigenvalue weighted by molar-refractivity contribution is 6.09. The normalized spacial score (nSPS) is 15.8. The molecule has 0 atom stereocenters. The van der Waals surface area contributed by atoms with E-state index in [0.29, 0.717) is 42.8 Å². The maximum Gasteiger partial charge on any atom is 0.264 e. The Labute approximate surface area is 173 Å². The Hall–Kier alpha value is -3.42. The first kappa shape index (κ1) is 19.9. The highest BCUT2D eigenvalue weighted by atomic mass is 19.3. The Kier molecular flexibility index (Phi) is 5.39. The van der Waals surface area contributed by atoms with Crippen LogP contribution in [0.5, 0.6) is 0 Å². The van der Waals surface area contributed by atoms with Gasteiger partial charge in [-0.1, -0.05) is 6.07 Å². The van der Waals surface area contributed by atoms with Gasteiger partial charge in [0.1, 0.15) is 0 Å². The number of benzene rings is 2. The van der Waals surface area contributed by atoms with Gasteiger partial charge >= 0.3 is 0 Å². The van der Waals surface area contributed by atoms with Gasteiger partial charge in [-0.05, 0) is 41.8 Å². The van der Waals surface area contributed by atoms with Crippen molar-refractivity contribution >= 4 is 40.4 Å². The van der Waals surface area contributed by atoms with Crippen LogP contribution < -0.4 is 20.9 Å². The van der Waals surface area contributed by atoms with E-state index < -0.39 is 6.43 Å². The summed E-state index contributed by atoms with van der Waals surface area (Å²) in [4.78, 5) is 13.9. The number of hydrogen-bond donors (Lipinski definition) is 4. The van der Waals surface area contributed by atoms with Gasteiger partial charge in [0, 0.05) is 55.8 Å².